The molecule has 2 rings (SSSR count). The fourth-order valence-corrected chi connectivity index (χ4v) is 3.41. The zero-order chi connectivity index (χ0) is 18.6. The topological polar surface area (TPSA) is 82.2 Å². The van der Waals surface area contributed by atoms with E-state index < -0.39 is 5.60 Å². The lowest BCUT2D eigenvalue weighted by Gasteiger charge is -2.37. The summed E-state index contributed by atoms with van der Waals surface area (Å²) in [4.78, 5) is 40.9. The number of hydrogen-bond acceptors (Lipinski definition) is 4. The van der Waals surface area contributed by atoms with E-state index in [1.165, 1.54) is 4.90 Å². The van der Waals surface area contributed by atoms with Crippen LogP contribution in [0.1, 0.15) is 39.5 Å². The third kappa shape index (κ3) is 4.55. The van der Waals surface area contributed by atoms with Crippen molar-refractivity contribution in [1.29, 1.82) is 0 Å². The molecule has 2 aliphatic heterocycles. The number of carbonyl (C=O) groups is 3. The van der Waals surface area contributed by atoms with Gasteiger partial charge in [0.2, 0.25) is 5.91 Å². The highest BCUT2D eigenvalue weighted by Gasteiger charge is 2.48. The second-order valence-electron chi connectivity index (χ2n) is 7.25. The third-order valence-electron chi connectivity index (χ3n) is 5.06. The minimum Gasteiger partial charge on any atom is -0.441 e. The van der Waals surface area contributed by atoms with Gasteiger partial charge in [-0.05, 0) is 13.3 Å². The van der Waals surface area contributed by atoms with Gasteiger partial charge in [0.1, 0.15) is 5.60 Å². The lowest BCUT2D eigenvalue weighted by Crippen LogP contribution is -2.51. The molecule has 25 heavy (non-hydrogen) atoms. The van der Waals surface area contributed by atoms with E-state index in [-0.39, 0.29) is 30.6 Å². The lowest BCUT2D eigenvalue weighted by atomic mass is 9.91. The van der Waals surface area contributed by atoms with Crippen molar-refractivity contribution >= 4 is 18.0 Å². The van der Waals surface area contributed by atoms with Gasteiger partial charge in [0.05, 0.1) is 13.1 Å². The molecule has 142 valence electrons. The molecular weight excluding hydrogens is 324 g/mol. The van der Waals surface area contributed by atoms with Gasteiger partial charge in [0.15, 0.2) is 0 Å². The Morgan fingerprint density at radius 3 is 2.52 bits per heavy atom. The third-order valence-corrected chi connectivity index (χ3v) is 5.06. The first kappa shape index (κ1) is 19.3. The predicted molar refractivity (Wildman–Crippen MR) is 93.2 cm³/mol. The number of amides is 4. The van der Waals surface area contributed by atoms with E-state index in [2.05, 4.69) is 19.2 Å². The van der Waals surface area contributed by atoms with Crippen LogP contribution < -0.4 is 5.32 Å². The molecule has 1 atom stereocenters. The summed E-state index contributed by atoms with van der Waals surface area (Å²) in [5.41, 5.74) is -0.469. The molecule has 1 spiro atoms. The van der Waals surface area contributed by atoms with Crippen molar-refractivity contribution in [1.82, 2.24) is 20.0 Å². The van der Waals surface area contributed by atoms with Gasteiger partial charge in [0.25, 0.3) is 0 Å². The molecule has 0 unspecified atom stereocenters. The maximum Gasteiger partial charge on any atom is 0.410 e. The molecule has 0 aromatic carbocycles. The van der Waals surface area contributed by atoms with Gasteiger partial charge in [-0.2, -0.15) is 0 Å². The van der Waals surface area contributed by atoms with Gasteiger partial charge in [0, 0.05) is 46.1 Å². The zero-order valence-electron chi connectivity index (χ0n) is 15.7. The summed E-state index contributed by atoms with van der Waals surface area (Å²) in [6, 6.07) is -0.107. The number of carbonyl (C=O) groups excluding carboxylic acids is 3. The van der Waals surface area contributed by atoms with Crippen LogP contribution in [0.2, 0.25) is 0 Å². The monoisotopic (exact) mass is 354 g/mol. The molecule has 0 aliphatic carbocycles. The number of nitrogens with zero attached hydrogens (tertiary/aromatic N) is 3. The minimum atomic E-state index is -0.469. The molecule has 0 aromatic rings. The van der Waals surface area contributed by atoms with Crippen molar-refractivity contribution in [2.24, 2.45) is 0 Å². The standard InChI is InChI=1S/C17H30N4O4/c1-5-6-13(2)21-12-17(25-16(21)24)7-9-20(10-8-17)14(22)11-18-15(23)19(3)4/h13H,5-12H2,1-4H3,(H,18,23)/t13-/m1/s1. The molecule has 2 fully saturated rings. The van der Waals surface area contributed by atoms with Gasteiger partial charge in [-0.15, -0.1) is 0 Å². The molecule has 2 aliphatic rings. The predicted octanol–water partition coefficient (Wildman–Crippen LogP) is 1.26. The summed E-state index contributed by atoms with van der Waals surface area (Å²) in [6.07, 6.45) is 3.03. The van der Waals surface area contributed by atoms with E-state index in [9.17, 15) is 14.4 Å². The van der Waals surface area contributed by atoms with E-state index in [0.717, 1.165) is 12.8 Å². The summed E-state index contributed by atoms with van der Waals surface area (Å²) in [5, 5.41) is 2.59. The Balaban J connectivity index is 1.84. The lowest BCUT2D eigenvalue weighted by molar-refractivity contribution is -0.133. The van der Waals surface area contributed by atoms with E-state index >= 15 is 0 Å². The summed E-state index contributed by atoms with van der Waals surface area (Å²) < 4.78 is 5.70. The number of rotatable bonds is 5. The van der Waals surface area contributed by atoms with Crippen molar-refractivity contribution in [3.8, 4) is 0 Å². The van der Waals surface area contributed by atoms with Gasteiger partial charge in [-0.1, -0.05) is 13.3 Å². The van der Waals surface area contributed by atoms with Crippen molar-refractivity contribution < 1.29 is 19.1 Å². The first-order valence-electron chi connectivity index (χ1n) is 9.00. The maximum absolute atomic E-state index is 12.2. The first-order chi connectivity index (χ1) is 11.8. The fourth-order valence-electron chi connectivity index (χ4n) is 3.41. The Morgan fingerprint density at radius 1 is 1.32 bits per heavy atom. The van der Waals surface area contributed by atoms with Gasteiger partial charge < -0.3 is 24.8 Å². The molecule has 8 heteroatoms. The van der Waals surface area contributed by atoms with Crippen LogP contribution in [0.3, 0.4) is 0 Å². The maximum atomic E-state index is 12.2. The summed E-state index contributed by atoms with van der Waals surface area (Å²) in [7, 11) is 3.26. The van der Waals surface area contributed by atoms with Crippen LogP contribution in [0.5, 0.6) is 0 Å². The number of piperidine rings is 1. The zero-order valence-corrected chi connectivity index (χ0v) is 15.7. The minimum absolute atomic E-state index is 0.0105. The van der Waals surface area contributed by atoms with Crippen LogP contribution in [0, 0.1) is 0 Å². The van der Waals surface area contributed by atoms with Crippen LogP contribution in [-0.4, -0.2) is 84.6 Å². The Labute approximate surface area is 149 Å². The van der Waals surface area contributed by atoms with Crippen LogP contribution in [0.15, 0.2) is 0 Å². The average molecular weight is 354 g/mol. The van der Waals surface area contributed by atoms with Gasteiger partial charge in [-0.25, -0.2) is 9.59 Å². The Kier molecular flexibility index (Phi) is 6.13. The highest BCUT2D eigenvalue weighted by atomic mass is 16.6. The highest BCUT2D eigenvalue weighted by molar-refractivity contribution is 5.84. The molecule has 0 aromatic heterocycles. The summed E-state index contributed by atoms with van der Waals surface area (Å²) >= 11 is 0. The van der Waals surface area contributed by atoms with Gasteiger partial charge in [-0.3, -0.25) is 4.79 Å². The van der Waals surface area contributed by atoms with Crippen LogP contribution >= 0.6 is 0 Å². The van der Waals surface area contributed by atoms with E-state index in [0.29, 0.717) is 32.5 Å². The molecule has 2 heterocycles. The van der Waals surface area contributed by atoms with Crippen molar-refractivity contribution in [2.75, 3.05) is 40.3 Å². The molecular formula is C17H30N4O4. The first-order valence-corrected chi connectivity index (χ1v) is 9.00. The normalized spacial score (nSPS) is 20.4. The Morgan fingerprint density at radius 2 is 1.96 bits per heavy atom. The van der Waals surface area contributed by atoms with E-state index in [1.807, 2.05) is 4.90 Å². The Hall–Kier alpha value is -1.99. The quantitative estimate of drug-likeness (QED) is 0.806. The van der Waals surface area contributed by atoms with Crippen LogP contribution in [0.4, 0.5) is 9.59 Å². The highest BCUT2D eigenvalue weighted by Crippen LogP contribution is 2.34. The number of hydrogen-bond donors (Lipinski definition) is 1. The van der Waals surface area contributed by atoms with Crippen molar-refractivity contribution in [3.63, 3.8) is 0 Å². The van der Waals surface area contributed by atoms with Crippen molar-refractivity contribution in [3.05, 3.63) is 0 Å². The largest absolute Gasteiger partial charge is 0.441 e. The van der Waals surface area contributed by atoms with Crippen molar-refractivity contribution in [2.45, 2.75) is 51.2 Å². The molecule has 0 radical (unpaired) electrons. The second-order valence-corrected chi connectivity index (χ2v) is 7.25. The number of nitrogens with one attached hydrogen (secondary N) is 1. The van der Waals surface area contributed by atoms with Crippen LogP contribution in [0.25, 0.3) is 0 Å². The summed E-state index contributed by atoms with van der Waals surface area (Å²) in [6.45, 7) is 5.83. The molecule has 8 nitrogen and oxygen atoms in total. The number of ether oxygens (including phenoxy) is 1. The second kappa shape index (κ2) is 7.93. The van der Waals surface area contributed by atoms with E-state index in [1.54, 1.807) is 19.0 Å². The average Bonchev–Trinajstić information content (AvgIpc) is 2.89. The smallest absolute Gasteiger partial charge is 0.410 e. The Bertz CT molecular complexity index is 515. The molecule has 1 N–H and O–H groups in total. The SMILES string of the molecule is CCC[C@@H](C)N1CC2(CCN(C(=O)CNC(=O)N(C)C)CC2)OC1=O. The van der Waals surface area contributed by atoms with E-state index in [4.69, 9.17) is 4.74 Å². The molecule has 0 saturated carbocycles. The number of likely N-dealkylation sites (tertiary alicyclic amines) is 1. The number of urea groups is 1. The van der Waals surface area contributed by atoms with Crippen LogP contribution in [-0.2, 0) is 9.53 Å². The molecule has 4 amide bonds. The van der Waals surface area contributed by atoms with Gasteiger partial charge >= 0.3 is 12.1 Å². The fraction of sp³-hybridized carbons (Fsp3) is 0.824. The summed E-state index contributed by atoms with van der Waals surface area (Å²) in [5.74, 6) is -0.106. The molecule has 2 saturated heterocycles. The molecule has 0 bridgehead atoms.